The van der Waals surface area contributed by atoms with Crippen molar-refractivity contribution in [3.8, 4) is 5.75 Å². The number of aliphatic hydroxyl groups excluding tert-OH is 1. The number of aliphatic hydroxyl groups is 1. The second kappa shape index (κ2) is 8.67. The van der Waals surface area contributed by atoms with Gasteiger partial charge in [-0.25, -0.2) is 0 Å². The molecule has 4 nitrogen and oxygen atoms in total. The van der Waals surface area contributed by atoms with Gasteiger partial charge in [0.15, 0.2) is 0 Å². The summed E-state index contributed by atoms with van der Waals surface area (Å²) in [5, 5.41) is 13.2. The van der Waals surface area contributed by atoms with Gasteiger partial charge in [0.05, 0.1) is 19.3 Å². The number of amides is 1. The van der Waals surface area contributed by atoms with E-state index in [1.165, 1.54) is 0 Å². The number of hydrogen-bond donors (Lipinski definition) is 2. The van der Waals surface area contributed by atoms with Crippen molar-refractivity contribution in [2.45, 2.75) is 52.2 Å². The molecular weight excluding hydrogens is 266 g/mol. The quantitative estimate of drug-likeness (QED) is 0.774. The van der Waals surface area contributed by atoms with Crippen LogP contribution >= 0.6 is 0 Å². The number of carbonyl (C=O) groups excluding carboxylic acids is 1. The first-order chi connectivity index (χ1) is 9.97. The maximum Gasteiger partial charge on any atom is 0.220 e. The zero-order chi connectivity index (χ0) is 15.8. The molecule has 21 heavy (non-hydrogen) atoms. The average molecular weight is 293 g/mol. The minimum atomic E-state index is -0.721. The van der Waals surface area contributed by atoms with Crippen molar-refractivity contribution < 1.29 is 14.6 Å². The van der Waals surface area contributed by atoms with Crippen LogP contribution in [-0.2, 0) is 4.79 Å². The molecule has 118 valence electrons. The van der Waals surface area contributed by atoms with Crippen molar-refractivity contribution in [3.63, 3.8) is 0 Å². The van der Waals surface area contributed by atoms with Crippen LogP contribution in [0, 0.1) is 5.92 Å². The van der Waals surface area contributed by atoms with E-state index in [1.54, 1.807) is 19.2 Å². The van der Waals surface area contributed by atoms with E-state index in [0.717, 1.165) is 24.2 Å². The molecule has 3 atom stereocenters. The fourth-order valence-corrected chi connectivity index (χ4v) is 2.39. The van der Waals surface area contributed by atoms with Crippen LogP contribution in [0.2, 0.25) is 0 Å². The summed E-state index contributed by atoms with van der Waals surface area (Å²) in [6, 6.07) is 6.91. The van der Waals surface area contributed by atoms with Crippen LogP contribution in [0.3, 0.4) is 0 Å². The smallest absolute Gasteiger partial charge is 0.220 e. The van der Waals surface area contributed by atoms with Crippen molar-refractivity contribution in [2.24, 2.45) is 5.92 Å². The van der Waals surface area contributed by atoms with Gasteiger partial charge in [-0.2, -0.15) is 0 Å². The van der Waals surface area contributed by atoms with Gasteiger partial charge in [-0.05, 0) is 30.5 Å². The summed E-state index contributed by atoms with van der Waals surface area (Å²) in [5.41, 5.74) is 0.769. The minimum absolute atomic E-state index is 0.00369. The Hall–Kier alpha value is -1.55. The topological polar surface area (TPSA) is 58.6 Å². The predicted molar refractivity (Wildman–Crippen MR) is 84.2 cm³/mol. The van der Waals surface area contributed by atoms with Crippen LogP contribution < -0.4 is 10.1 Å². The van der Waals surface area contributed by atoms with Crippen molar-refractivity contribution in [3.05, 3.63) is 29.8 Å². The fraction of sp³-hybridized carbons (Fsp3) is 0.588. The van der Waals surface area contributed by atoms with Gasteiger partial charge in [0.1, 0.15) is 5.75 Å². The lowest BCUT2D eigenvalue weighted by Gasteiger charge is -2.21. The Balaban J connectivity index is 2.53. The predicted octanol–water partition coefficient (Wildman–Crippen LogP) is 3.06. The van der Waals surface area contributed by atoms with E-state index in [1.807, 2.05) is 19.1 Å². The zero-order valence-electron chi connectivity index (χ0n) is 13.4. The Morgan fingerprint density at radius 3 is 2.43 bits per heavy atom. The number of hydrogen-bond acceptors (Lipinski definition) is 3. The summed E-state index contributed by atoms with van der Waals surface area (Å²) in [6.45, 7) is 6.01. The molecule has 1 aromatic carbocycles. The third-order valence-corrected chi connectivity index (χ3v) is 3.63. The lowest BCUT2D eigenvalue weighted by Crippen LogP contribution is -2.37. The third-order valence-electron chi connectivity index (χ3n) is 3.63. The summed E-state index contributed by atoms with van der Waals surface area (Å²) in [7, 11) is 1.60. The van der Waals surface area contributed by atoms with E-state index >= 15 is 0 Å². The molecule has 0 heterocycles. The Bertz CT molecular complexity index is 430. The van der Waals surface area contributed by atoms with Crippen LogP contribution in [0.25, 0.3) is 0 Å². The molecule has 3 unspecified atom stereocenters. The zero-order valence-corrected chi connectivity index (χ0v) is 13.4. The number of benzene rings is 1. The van der Waals surface area contributed by atoms with Crippen LogP contribution in [0.1, 0.15) is 51.7 Å². The normalized spacial score (nSPS) is 15.1. The Morgan fingerprint density at radius 1 is 1.29 bits per heavy atom. The highest BCUT2D eigenvalue weighted by Gasteiger charge is 2.19. The fourth-order valence-electron chi connectivity index (χ4n) is 2.39. The summed E-state index contributed by atoms with van der Waals surface area (Å²) >= 11 is 0. The highest BCUT2D eigenvalue weighted by molar-refractivity contribution is 5.76. The molecule has 1 aromatic rings. The molecule has 0 fully saturated rings. The van der Waals surface area contributed by atoms with Gasteiger partial charge in [0, 0.05) is 6.42 Å². The molecule has 1 amide bonds. The molecule has 2 N–H and O–H groups in total. The lowest BCUT2D eigenvalue weighted by molar-refractivity contribution is -0.123. The Labute approximate surface area is 127 Å². The summed E-state index contributed by atoms with van der Waals surface area (Å²) in [6.07, 6.45) is 1.91. The van der Waals surface area contributed by atoms with Gasteiger partial charge in [-0.1, -0.05) is 38.8 Å². The van der Waals surface area contributed by atoms with E-state index in [9.17, 15) is 9.90 Å². The second-order valence-corrected chi connectivity index (χ2v) is 5.67. The van der Waals surface area contributed by atoms with Gasteiger partial charge in [0.25, 0.3) is 0 Å². The van der Waals surface area contributed by atoms with E-state index in [0.29, 0.717) is 12.3 Å². The standard InChI is InChI=1S/C17H27NO3/c1-5-6-12(2)11-16(19)18-13(3)17(20)14-7-9-15(21-4)10-8-14/h7-10,12-13,17,20H,5-6,11H2,1-4H3,(H,18,19). The molecule has 1 rings (SSSR count). The van der Waals surface area contributed by atoms with Crippen molar-refractivity contribution in [2.75, 3.05) is 7.11 Å². The first-order valence-electron chi connectivity index (χ1n) is 7.59. The average Bonchev–Trinajstić information content (AvgIpc) is 2.46. The highest BCUT2D eigenvalue weighted by atomic mass is 16.5. The molecule has 0 aromatic heterocycles. The third kappa shape index (κ3) is 5.76. The maximum absolute atomic E-state index is 11.9. The molecule has 0 saturated heterocycles. The van der Waals surface area contributed by atoms with Crippen LogP contribution in [0.15, 0.2) is 24.3 Å². The van der Waals surface area contributed by atoms with Crippen LogP contribution in [0.4, 0.5) is 0 Å². The monoisotopic (exact) mass is 293 g/mol. The first kappa shape index (κ1) is 17.5. The van der Waals surface area contributed by atoms with Gasteiger partial charge in [0.2, 0.25) is 5.91 Å². The van der Waals surface area contributed by atoms with Gasteiger partial charge in [-0.15, -0.1) is 0 Å². The van der Waals surface area contributed by atoms with Crippen molar-refractivity contribution in [1.29, 1.82) is 0 Å². The van der Waals surface area contributed by atoms with Gasteiger partial charge < -0.3 is 15.2 Å². The molecule has 4 heteroatoms. The molecule has 0 bridgehead atoms. The van der Waals surface area contributed by atoms with E-state index in [-0.39, 0.29) is 11.9 Å². The van der Waals surface area contributed by atoms with Gasteiger partial charge in [-0.3, -0.25) is 4.79 Å². The number of rotatable bonds is 8. The number of methoxy groups -OCH3 is 1. The maximum atomic E-state index is 11.9. The number of carbonyl (C=O) groups is 1. The van der Waals surface area contributed by atoms with E-state index in [2.05, 4.69) is 19.2 Å². The molecule has 0 aliphatic rings. The van der Waals surface area contributed by atoms with E-state index < -0.39 is 6.10 Å². The molecule has 0 radical (unpaired) electrons. The minimum Gasteiger partial charge on any atom is -0.497 e. The Kier molecular flexibility index (Phi) is 7.23. The number of nitrogens with one attached hydrogen (secondary N) is 1. The summed E-state index contributed by atoms with van der Waals surface area (Å²) in [4.78, 5) is 11.9. The molecule has 0 aliphatic carbocycles. The number of ether oxygens (including phenoxy) is 1. The molecule has 0 aliphatic heterocycles. The summed E-state index contributed by atoms with van der Waals surface area (Å²) < 4.78 is 5.09. The molecular formula is C17H27NO3. The van der Waals surface area contributed by atoms with Crippen molar-refractivity contribution >= 4 is 5.91 Å². The SMILES string of the molecule is CCCC(C)CC(=O)NC(C)C(O)c1ccc(OC)cc1. The molecule has 0 saturated carbocycles. The lowest BCUT2D eigenvalue weighted by atomic mass is 10.0. The van der Waals surface area contributed by atoms with E-state index in [4.69, 9.17) is 4.74 Å². The van der Waals surface area contributed by atoms with Crippen LogP contribution in [0.5, 0.6) is 5.75 Å². The summed E-state index contributed by atoms with van der Waals surface area (Å²) in [5.74, 6) is 1.12. The van der Waals surface area contributed by atoms with Gasteiger partial charge >= 0.3 is 0 Å². The molecule has 0 spiro atoms. The van der Waals surface area contributed by atoms with Crippen LogP contribution in [-0.4, -0.2) is 24.2 Å². The highest BCUT2D eigenvalue weighted by Crippen LogP contribution is 2.20. The Morgan fingerprint density at radius 2 is 1.90 bits per heavy atom. The first-order valence-corrected chi connectivity index (χ1v) is 7.59. The van der Waals surface area contributed by atoms with Crippen molar-refractivity contribution in [1.82, 2.24) is 5.32 Å². The second-order valence-electron chi connectivity index (χ2n) is 5.67. The largest absolute Gasteiger partial charge is 0.497 e.